The molecule has 3 heteroatoms. The van der Waals surface area contributed by atoms with Gasteiger partial charge in [-0.3, -0.25) is 4.79 Å². The number of rotatable bonds is 4. The van der Waals surface area contributed by atoms with E-state index in [1.165, 1.54) is 6.07 Å². The lowest BCUT2D eigenvalue weighted by atomic mass is 10.0. The molecule has 2 N–H and O–H groups in total. The van der Waals surface area contributed by atoms with Crippen LogP contribution in [-0.2, 0) is 0 Å². The fourth-order valence-electron chi connectivity index (χ4n) is 1.25. The number of Topliss-reactive ketones (excluding diaryl/α,β-unsaturated/α-hetero) is 1. The molecule has 0 saturated carbocycles. The largest absolute Gasteiger partial charge is 0.321 e. The zero-order valence-electron chi connectivity index (χ0n) is 8.66. The van der Waals surface area contributed by atoms with Crippen molar-refractivity contribution >= 4 is 5.78 Å². The van der Waals surface area contributed by atoms with Gasteiger partial charge in [0.05, 0.1) is 6.04 Å². The number of carbonyl (C=O) groups excluding carboxylic acids is 1. The van der Waals surface area contributed by atoms with Crippen molar-refractivity contribution in [2.24, 2.45) is 5.73 Å². The minimum atomic E-state index is -0.635. The highest BCUT2D eigenvalue weighted by Gasteiger charge is 2.15. The Morgan fingerprint density at radius 3 is 2.87 bits per heavy atom. The molecule has 0 aliphatic rings. The van der Waals surface area contributed by atoms with E-state index in [-0.39, 0.29) is 11.6 Å². The predicted molar refractivity (Wildman–Crippen MR) is 58.3 cm³/mol. The summed E-state index contributed by atoms with van der Waals surface area (Å²) in [6.45, 7) is 5.15. The maximum absolute atomic E-state index is 13.2. The van der Waals surface area contributed by atoms with Crippen molar-refractivity contribution in [3.05, 3.63) is 47.8 Å². The summed E-state index contributed by atoms with van der Waals surface area (Å²) in [5, 5.41) is 0. The topological polar surface area (TPSA) is 43.1 Å². The fraction of sp³-hybridized carbons (Fsp3) is 0.250. The highest BCUT2D eigenvalue weighted by molar-refractivity contribution is 6.00. The van der Waals surface area contributed by atoms with Gasteiger partial charge in [-0.2, -0.15) is 0 Å². The first-order valence-electron chi connectivity index (χ1n) is 4.73. The molecule has 1 aromatic rings. The molecule has 0 heterocycles. The number of halogens is 1. The molecule has 0 aromatic heterocycles. The van der Waals surface area contributed by atoms with Crippen molar-refractivity contribution in [2.75, 3.05) is 0 Å². The molecule has 1 rings (SSSR count). The smallest absolute Gasteiger partial charge is 0.179 e. The van der Waals surface area contributed by atoms with Crippen molar-refractivity contribution in [3.63, 3.8) is 0 Å². The number of hydrogen-bond acceptors (Lipinski definition) is 2. The molecule has 2 nitrogen and oxygen atoms in total. The zero-order chi connectivity index (χ0) is 11.4. The molecule has 0 bridgehead atoms. The SMILES string of the molecule is C=CCC(N)C(=O)c1ccc(C)c(F)c1. The third-order valence-corrected chi connectivity index (χ3v) is 2.21. The predicted octanol–water partition coefficient (Wildman–Crippen LogP) is 2.22. The lowest BCUT2D eigenvalue weighted by molar-refractivity contribution is 0.0961. The van der Waals surface area contributed by atoms with Gasteiger partial charge in [-0.1, -0.05) is 18.2 Å². The normalized spacial score (nSPS) is 12.2. The summed E-state index contributed by atoms with van der Waals surface area (Å²) in [5.74, 6) is -0.638. The molecule has 80 valence electrons. The van der Waals surface area contributed by atoms with E-state index in [0.29, 0.717) is 17.5 Å². The second kappa shape index (κ2) is 4.84. The number of aryl methyl sites for hydroxylation is 1. The van der Waals surface area contributed by atoms with Crippen molar-refractivity contribution in [1.82, 2.24) is 0 Å². The van der Waals surface area contributed by atoms with Crippen LogP contribution in [0.5, 0.6) is 0 Å². The highest BCUT2D eigenvalue weighted by Crippen LogP contribution is 2.11. The Morgan fingerprint density at radius 2 is 2.33 bits per heavy atom. The fourth-order valence-corrected chi connectivity index (χ4v) is 1.25. The molecule has 0 saturated heterocycles. The van der Waals surface area contributed by atoms with E-state index in [0.717, 1.165) is 0 Å². The Balaban J connectivity index is 2.91. The van der Waals surface area contributed by atoms with Crippen LogP contribution in [0.2, 0.25) is 0 Å². The monoisotopic (exact) mass is 207 g/mol. The summed E-state index contributed by atoms with van der Waals surface area (Å²) in [5.41, 5.74) is 6.43. The molecule has 0 aliphatic heterocycles. The average Bonchev–Trinajstić information content (AvgIpc) is 2.21. The Morgan fingerprint density at radius 1 is 1.67 bits per heavy atom. The lowest BCUT2D eigenvalue weighted by Gasteiger charge is -2.08. The molecule has 0 radical (unpaired) electrons. The second-order valence-corrected chi connectivity index (χ2v) is 3.46. The van der Waals surface area contributed by atoms with Gasteiger partial charge in [0.1, 0.15) is 5.82 Å². The minimum absolute atomic E-state index is 0.256. The molecule has 0 fully saturated rings. The number of hydrogen-bond donors (Lipinski definition) is 1. The maximum atomic E-state index is 13.2. The van der Waals surface area contributed by atoms with Crippen LogP contribution in [0.4, 0.5) is 4.39 Å². The van der Waals surface area contributed by atoms with E-state index in [4.69, 9.17) is 5.73 Å². The third-order valence-electron chi connectivity index (χ3n) is 2.21. The first-order valence-corrected chi connectivity index (χ1v) is 4.73. The first kappa shape index (κ1) is 11.6. The average molecular weight is 207 g/mol. The summed E-state index contributed by atoms with van der Waals surface area (Å²) in [6.07, 6.45) is 1.97. The van der Waals surface area contributed by atoms with Crippen molar-refractivity contribution in [3.8, 4) is 0 Å². The van der Waals surface area contributed by atoms with E-state index in [9.17, 15) is 9.18 Å². The van der Waals surface area contributed by atoms with Crippen LogP contribution in [0.25, 0.3) is 0 Å². The third kappa shape index (κ3) is 2.73. The minimum Gasteiger partial charge on any atom is -0.321 e. The number of nitrogens with two attached hydrogens (primary N) is 1. The Kier molecular flexibility index (Phi) is 3.74. The summed E-state index contributed by atoms with van der Waals surface area (Å²) in [4.78, 5) is 11.7. The van der Waals surface area contributed by atoms with Gasteiger partial charge in [0.15, 0.2) is 5.78 Å². The molecule has 1 aromatic carbocycles. The number of carbonyl (C=O) groups is 1. The van der Waals surface area contributed by atoms with Crippen molar-refractivity contribution in [2.45, 2.75) is 19.4 Å². The molecular weight excluding hydrogens is 193 g/mol. The van der Waals surface area contributed by atoms with Crippen LogP contribution in [0.3, 0.4) is 0 Å². The zero-order valence-corrected chi connectivity index (χ0v) is 8.66. The Hall–Kier alpha value is -1.48. The molecule has 0 spiro atoms. The van der Waals surface area contributed by atoms with E-state index in [1.807, 2.05) is 0 Å². The van der Waals surface area contributed by atoms with Gasteiger partial charge >= 0.3 is 0 Å². The van der Waals surface area contributed by atoms with Gasteiger partial charge < -0.3 is 5.73 Å². The quantitative estimate of drug-likeness (QED) is 0.607. The van der Waals surface area contributed by atoms with E-state index in [1.54, 1.807) is 25.1 Å². The second-order valence-electron chi connectivity index (χ2n) is 3.46. The number of benzene rings is 1. The lowest BCUT2D eigenvalue weighted by Crippen LogP contribution is -2.29. The molecule has 1 unspecified atom stereocenters. The molecule has 15 heavy (non-hydrogen) atoms. The van der Waals surface area contributed by atoms with E-state index >= 15 is 0 Å². The van der Waals surface area contributed by atoms with Gasteiger partial charge in [0.2, 0.25) is 0 Å². The van der Waals surface area contributed by atoms with E-state index < -0.39 is 6.04 Å². The van der Waals surface area contributed by atoms with E-state index in [2.05, 4.69) is 6.58 Å². The van der Waals surface area contributed by atoms with Crippen LogP contribution in [0.1, 0.15) is 22.3 Å². The summed E-state index contributed by atoms with van der Waals surface area (Å²) < 4.78 is 13.2. The van der Waals surface area contributed by atoms with Crippen LogP contribution < -0.4 is 5.73 Å². The van der Waals surface area contributed by atoms with Gasteiger partial charge in [0, 0.05) is 5.56 Å². The van der Waals surface area contributed by atoms with Crippen molar-refractivity contribution < 1.29 is 9.18 Å². The van der Waals surface area contributed by atoms with Crippen molar-refractivity contribution in [1.29, 1.82) is 0 Å². The van der Waals surface area contributed by atoms with Crippen LogP contribution in [-0.4, -0.2) is 11.8 Å². The molecule has 1 atom stereocenters. The summed E-state index contributed by atoms with van der Waals surface area (Å²) >= 11 is 0. The first-order chi connectivity index (χ1) is 7.06. The Bertz CT molecular complexity index is 387. The summed E-state index contributed by atoms with van der Waals surface area (Å²) in [7, 11) is 0. The molecular formula is C12H14FNO. The van der Waals surface area contributed by atoms with Crippen LogP contribution in [0, 0.1) is 12.7 Å². The van der Waals surface area contributed by atoms with Crippen LogP contribution >= 0.6 is 0 Å². The standard InChI is InChI=1S/C12H14FNO/c1-3-4-11(14)12(15)9-6-5-8(2)10(13)7-9/h3,5-7,11H,1,4,14H2,2H3. The molecule has 0 aliphatic carbocycles. The number of ketones is 1. The molecule has 0 amide bonds. The van der Waals surface area contributed by atoms with Crippen LogP contribution in [0.15, 0.2) is 30.9 Å². The van der Waals surface area contributed by atoms with Gasteiger partial charge in [-0.15, -0.1) is 6.58 Å². The van der Waals surface area contributed by atoms with Gasteiger partial charge in [0.25, 0.3) is 0 Å². The summed E-state index contributed by atoms with van der Waals surface area (Å²) in [6, 6.07) is 3.75. The van der Waals surface area contributed by atoms with Gasteiger partial charge in [-0.05, 0) is 25.0 Å². The highest BCUT2D eigenvalue weighted by atomic mass is 19.1. The maximum Gasteiger partial charge on any atom is 0.179 e. The van der Waals surface area contributed by atoms with Gasteiger partial charge in [-0.25, -0.2) is 4.39 Å². The Labute approximate surface area is 88.6 Å².